The topological polar surface area (TPSA) is 0 Å². The van der Waals surface area contributed by atoms with Crippen LogP contribution >= 0.6 is 0 Å². The number of halogens is 2. The largest absolute Gasteiger partial charge is 0.207 e. The van der Waals surface area contributed by atoms with E-state index in [-0.39, 0.29) is 11.6 Å². The Bertz CT molecular complexity index is 386. The normalized spacial score (nSPS) is 10.3. The summed E-state index contributed by atoms with van der Waals surface area (Å²) in [6.45, 7) is 0. The van der Waals surface area contributed by atoms with Crippen molar-refractivity contribution >= 4 is 0 Å². The number of hydrogen-bond donors (Lipinski definition) is 0. The van der Waals surface area contributed by atoms with Gasteiger partial charge in [0.2, 0.25) is 0 Å². The van der Waals surface area contributed by atoms with E-state index < -0.39 is 0 Å². The molecule has 0 nitrogen and oxygen atoms in total. The molecular weight excluding hydrogens is 194 g/mol. The van der Waals surface area contributed by atoms with Gasteiger partial charge in [-0.1, -0.05) is 24.3 Å². The first kappa shape index (κ1) is 9.84. The molecule has 0 saturated carbocycles. The van der Waals surface area contributed by atoms with Gasteiger partial charge in [-0.2, -0.15) is 0 Å². The van der Waals surface area contributed by atoms with Crippen molar-refractivity contribution in [3.63, 3.8) is 0 Å². The Hall–Kier alpha value is -1.70. The zero-order valence-corrected chi connectivity index (χ0v) is 7.95. The van der Waals surface area contributed by atoms with Crippen LogP contribution < -0.4 is 0 Å². The highest BCUT2D eigenvalue weighted by atomic mass is 19.1. The number of benzene rings is 2. The first-order valence-corrected chi connectivity index (χ1v) is 4.60. The van der Waals surface area contributed by atoms with Crippen LogP contribution in [-0.4, -0.2) is 0 Å². The number of hydrogen-bond acceptors (Lipinski definition) is 0. The zero-order chi connectivity index (χ0) is 10.7. The second-order valence-electron chi connectivity index (χ2n) is 3.25. The summed E-state index contributed by atoms with van der Waals surface area (Å²) >= 11 is 0. The third kappa shape index (κ3) is 2.62. The Balaban J connectivity index is 2.15. The maximum Gasteiger partial charge on any atom is 0.123 e. The molecule has 2 rings (SSSR count). The number of rotatable bonds is 2. The van der Waals surface area contributed by atoms with Gasteiger partial charge in [0.25, 0.3) is 0 Å². The molecule has 0 atom stereocenters. The molecule has 0 amide bonds. The van der Waals surface area contributed by atoms with Crippen LogP contribution in [0.5, 0.6) is 0 Å². The van der Waals surface area contributed by atoms with Crippen LogP contribution in [0.15, 0.2) is 48.5 Å². The van der Waals surface area contributed by atoms with Crippen molar-refractivity contribution in [3.8, 4) is 0 Å². The summed E-state index contributed by atoms with van der Waals surface area (Å²) in [5.74, 6) is -0.516. The first-order chi connectivity index (χ1) is 7.24. The van der Waals surface area contributed by atoms with Gasteiger partial charge in [0.05, 0.1) is 0 Å². The van der Waals surface area contributed by atoms with Crippen molar-refractivity contribution in [3.05, 3.63) is 77.7 Å². The van der Waals surface area contributed by atoms with Gasteiger partial charge in [0.1, 0.15) is 11.6 Å². The lowest BCUT2D eigenvalue weighted by Crippen LogP contribution is -1.85. The van der Waals surface area contributed by atoms with E-state index in [9.17, 15) is 8.78 Å². The summed E-state index contributed by atoms with van der Waals surface area (Å²) in [6.07, 6.45) is 1.86. The summed E-state index contributed by atoms with van der Waals surface area (Å²) in [6, 6.07) is 12.3. The Morgan fingerprint density at radius 1 is 0.600 bits per heavy atom. The quantitative estimate of drug-likeness (QED) is 0.700. The highest BCUT2D eigenvalue weighted by Crippen LogP contribution is 2.12. The monoisotopic (exact) mass is 203 g/mol. The Kier molecular flexibility index (Phi) is 2.77. The smallest absolute Gasteiger partial charge is 0.123 e. The summed E-state index contributed by atoms with van der Waals surface area (Å²) < 4.78 is 25.2. The van der Waals surface area contributed by atoms with E-state index in [1.807, 2.05) is 6.42 Å². The molecule has 0 aliphatic rings. The first-order valence-electron chi connectivity index (χ1n) is 4.60. The van der Waals surface area contributed by atoms with Crippen molar-refractivity contribution in [2.45, 2.75) is 0 Å². The lowest BCUT2D eigenvalue weighted by atomic mass is 10.1. The molecule has 2 heteroatoms. The van der Waals surface area contributed by atoms with Gasteiger partial charge in [0.15, 0.2) is 0 Å². The molecule has 2 aromatic rings. The highest BCUT2D eigenvalue weighted by Gasteiger charge is 1.97. The van der Waals surface area contributed by atoms with Gasteiger partial charge in [0, 0.05) is 6.42 Å². The van der Waals surface area contributed by atoms with Crippen LogP contribution in [0.25, 0.3) is 0 Å². The van der Waals surface area contributed by atoms with Crippen LogP contribution in [0.3, 0.4) is 0 Å². The van der Waals surface area contributed by atoms with Gasteiger partial charge in [-0.25, -0.2) is 8.78 Å². The minimum Gasteiger partial charge on any atom is -0.207 e. The summed E-state index contributed by atoms with van der Waals surface area (Å²) in [7, 11) is 0. The SMILES string of the molecule is Fc1ccc([CH]c2ccc(F)cc2)cc1. The van der Waals surface area contributed by atoms with E-state index in [4.69, 9.17) is 0 Å². The maximum absolute atomic E-state index is 12.6. The zero-order valence-electron chi connectivity index (χ0n) is 7.95. The summed E-state index contributed by atoms with van der Waals surface area (Å²) in [5, 5.41) is 0. The molecule has 0 bridgehead atoms. The summed E-state index contributed by atoms with van der Waals surface area (Å²) in [5.41, 5.74) is 1.78. The van der Waals surface area contributed by atoms with Gasteiger partial charge in [-0.05, 0) is 35.4 Å². The second kappa shape index (κ2) is 4.22. The highest BCUT2D eigenvalue weighted by molar-refractivity contribution is 5.36. The van der Waals surface area contributed by atoms with Gasteiger partial charge in [-0.3, -0.25) is 0 Å². The van der Waals surface area contributed by atoms with Crippen molar-refractivity contribution in [1.29, 1.82) is 0 Å². The minimum absolute atomic E-state index is 0.258. The Morgan fingerprint density at radius 2 is 0.933 bits per heavy atom. The molecule has 0 heterocycles. The fourth-order valence-corrected chi connectivity index (χ4v) is 1.31. The predicted molar refractivity (Wildman–Crippen MR) is 55.3 cm³/mol. The fourth-order valence-electron chi connectivity index (χ4n) is 1.31. The van der Waals surface area contributed by atoms with E-state index in [0.29, 0.717) is 0 Å². The molecule has 0 aliphatic heterocycles. The van der Waals surface area contributed by atoms with Crippen molar-refractivity contribution in [2.75, 3.05) is 0 Å². The van der Waals surface area contributed by atoms with Crippen molar-refractivity contribution < 1.29 is 8.78 Å². The average Bonchev–Trinajstić information content (AvgIpc) is 2.25. The molecule has 0 aliphatic carbocycles. The molecule has 2 aromatic carbocycles. The average molecular weight is 203 g/mol. The lowest BCUT2D eigenvalue weighted by molar-refractivity contribution is 0.627. The van der Waals surface area contributed by atoms with Crippen LogP contribution in [0.4, 0.5) is 8.78 Å². The molecule has 15 heavy (non-hydrogen) atoms. The van der Waals surface area contributed by atoms with E-state index in [2.05, 4.69) is 0 Å². The minimum atomic E-state index is -0.258. The molecule has 1 radical (unpaired) electrons. The molecular formula is C13H9F2. The molecule has 0 N–H and O–H groups in total. The third-order valence-corrected chi connectivity index (χ3v) is 2.07. The molecule has 0 saturated heterocycles. The Morgan fingerprint density at radius 3 is 1.27 bits per heavy atom. The lowest BCUT2D eigenvalue weighted by Gasteiger charge is -2.00. The van der Waals surface area contributed by atoms with Crippen LogP contribution in [0.1, 0.15) is 11.1 Å². The van der Waals surface area contributed by atoms with E-state index in [1.165, 1.54) is 24.3 Å². The molecule has 0 fully saturated rings. The predicted octanol–water partition coefficient (Wildman–Crippen LogP) is 3.57. The Labute approximate surface area is 87.2 Å². The van der Waals surface area contributed by atoms with Crippen LogP contribution in [0, 0.1) is 18.1 Å². The van der Waals surface area contributed by atoms with Crippen LogP contribution in [0.2, 0.25) is 0 Å². The van der Waals surface area contributed by atoms with E-state index in [1.54, 1.807) is 24.3 Å². The van der Waals surface area contributed by atoms with Gasteiger partial charge < -0.3 is 0 Å². The molecule has 0 unspecified atom stereocenters. The van der Waals surface area contributed by atoms with Crippen molar-refractivity contribution in [2.24, 2.45) is 0 Å². The molecule has 0 spiro atoms. The molecule has 75 valence electrons. The van der Waals surface area contributed by atoms with Gasteiger partial charge >= 0.3 is 0 Å². The standard InChI is InChI=1S/C13H9F2/c14-12-5-1-10(2-6-12)9-11-3-7-13(15)8-4-11/h1-9H. The van der Waals surface area contributed by atoms with E-state index >= 15 is 0 Å². The fraction of sp³-hybridized carbons (Fsp3) is 0. The van der Waals surface area contributed by atoms with Gasteiger partial charge in [-0.15, -0.1) is 0 Å². The van der Waals surface area contributed by atoms with Crippen LogP contribution in [-0.2, 0) is 0 Å². The maximum atomic E-state index is 12.6. The molecule has 0 aromatic heterocycles. The second-order valence-corrected chi connectivity index (χ2v) is 3.25. The van der Waals surface area contributed by atoms with E-state index in [0.717, 1.165) is 11.1 Å². The summed E-state index contributed by atoms with van der Waals surface area (Å²) in [4.78, 5) is 0. The third-order valence-electron chi connectivity index (χ3n) is 2.07. The van der Waals surface area contributed by atoms with Crippen molar-refractivity contribution in [1.82, 2.24) is 0 Å².